The van der Waals surface area contributed by atoms with E-state index in [2.05, 4.69) is 182 Å². The highest BCUT2D eigenvalue weighted by Crippen LogP contribution is 2.36. The fourth-order valence-corrected chi connectivity index (χ4v) is 7.39. The molecule has 4 heteroatoms. The number of nitrogens with zero attached hydrogens (tertiary/aromatic N) is 4. The van der Waals surface area contributed by atoms with Crippen molar-refractivity contribution in [2.24, 2.45) is 15.0 Å². The van der Waals surface area contributed by atoms with Crippen molar-refractivity contribution < 1.29 is 0 Å². The SMILES string of the molecule is C=NC(=NC(=NCc1cccc(-c2ccccc2)c1)c1ccc(-c2cc(-c3ccccc3)c3c(ccc4ccccc43)n2)cc1)c1cccc(-c2ccccc2)c1. The first-order valence-electron chi connectivity index (χ1n) is 19.1. The highest BCUT2D eigenvalue weighted by molar-refractivity contribution is 6.14. The van der Waals surface area contributed by atoms with Gasteiger partial charge in [0.05, 0.1) is 17.8 Å². The molecule has 0 aliphatic rings. The summed E-state index contributed by atoms with van der Waals surface area (Å²) in [6.45, 7) is 4.38. The van der Waals surface area contributed by atoms with E-state index in [-0.39, 0.29) is 0 Å². The Kier molecular flexibility index (Phi) is 9.89. The van der Waals surface area contributed by atoms with Crippen LogP contribution in [0.1, 0.15) is 16.7 Å². The van der Waals surface area contributed by atoms with Crippen molar-refractivity contribution in [1.29, 1.82) is 0 Å². The molecule has 0 fully saturated rings. The third-order valence-electron chi connectivity index (χ3n) is 10.3. The van der Waals surface area contributed by atoms with Crippen molar-refractivity contribution in [3.8, 4) is 44.6 Å². The van der Waals surface area contributed by atoms with Crippen molar-refractivity contribution in [2.75, 3.05) is 0 Å². The molecule has 8 aromatic carbocycles. The van der Waals surface area contributed by atoms with Crippen LogP contribution in [0.15, 0.2) is 221 Å². The number of fused-ring (bicyclic) bond motifs is 3. The molecule has 0 radical (unpaired) electrons. The molecule has 9 rings (SSSR count). The average Bonchev–Trinajstić information content (AvgIpc) is 3.30. The first-order chi connectivity index (χ1) is 28.2. The number of rotatable bonds is 8. The molecule has 1 aromatic heterocycles. The van der Waals surface area contributed by atoms with E-state index in [4.69, 9.17) is 15.0 Å². The van der Waals surface area contributed by atoms with E-state index < -0.39 is 0 Å². The zero-order chi connectivity index (χ0) is 38.4. The van der Waals surface area contributed by atoms with Crippen LogP contribution >= 0.6 is 0 Å². The van der Waals surface area contributed by atoms with Gasteiger partial charge >= 0.3 is 0 Å². The van der Waals surface area contributed by atoms with Gasteiger partial charge in [-0.3, -0.25) is 4.99 Å². The fraction of sp³-hybridized carbons (Fsp3) is 0.0189. The minimum Gasteiger partial charge on any atom is -0.261 e. The van der Waals surface area contributed by atoms with Crippen LogP contribution in [0.2, 0.25) is 0 Å². The van der Waals surface area contributed by atoms with Crippen molar-refractivity contribution >= 4 is 40.1 Å². The van der Waals surface area contributed by atoms with Gasteiger partial charge in [-0.2, -0.15) is 0 Å². The van der Waals surface area contributed by atoms with Crippen molar-refractivity contribution in [1.82, 2.24) is 4.98 Å². The van der Waals surface area contributed by atoms with Crippen molar-refractivity contribution in [3.05, 3.63) is 223 Å². The van der Waals surface area contributed by atoms with Gasteiger partial charge in [-0.05, 0) is 80.7 Å². The van der Waals surface area contributed by atoms with Gasteiger partial charge in [0.25, 0.3) is 0 Å². The van der Waals surface area contributed by atoms with Crippen LogP contribution in [0.5, 0.6) is 0 Å². The second kappa shape index (κ2) is 16.0. The summed E-state index contributed by atoms with van der Waals surface area (Å²) in [4.78, 5) is 19.9. The minimum atomic E-state index is 0.441. The quantitative estimate of drug-likeness (QED) is 0.0872. The molecular weight excluding hydrogens is 693 g/mol. The maximum absolute atomic E-state index is 5.22. The van der Waals surface area contributed by atoms with Crippen LogP contribution in [-0.4, -0.2) is 23.4 Å². The highest BCUT2D eigenvalue weighted by Gasteiger charge is 2.14. The van der Waals surface area contributed by atoms with Crippen molar-refractivity contribution in [2.45, 2.75) is 6.54 Å². The number of aliphatic imine (C=N–C) groups is 3. The van der Waals surface area contributed by atoms with Crippen LogP contribution in [0.3, 0.4) is 0 Å². The third-order valence-corrected chi connectivity index (χ3v) is 10.3. The van der Waals surface area contributed by atoms with E-state index in [1.807, 2.05) is 36.4 Å². The molecule has 0 aliphatic heterocycles. The van der Waals surface area contributed by atoms with Gasteiger partial charge in [-0.1, -0.05) is 182 Å². The second-order valence-electron chi connectivity index (χ2n) is 13.9. The van der Waals surface area contributed by atoms with Crippen LogP contribution < -0.4 is 0 Å². The average molecular weight is 731 g/mol. The third kappa shape index (κ3) is 7.57. The number of hydrogen-bond acceptors (Lipinski definition) is 2. The highest BCUT2D eigenvalue weighted by atomic mass is 15.0. The zero-order valence-electron chi connectivity index (χ0n) is 31.3. The number of benzene rings is 8. The summed E-state index contributed by atoms with van der Waals surface area (Å²) in [5, 5.41) is 3.54. The van der Waals surface area contributed by atoms with Gasteiger partial charge in [0.2, 0.25) is 0 Å². The van der Waals surface area contributed by atoms with Gasteiger partial charge in [-0.15, -0.1) is 0 Å². The van der Waals surface area contributed by atoms with E-state index in [0.29, 0.717) is 18.2 Å². The number of aromatic nitrogens is 1. The summed E-state index contributed by atoms with van der Waals surface area (Å²) in [6.07, 6.45) is 0. The van der Waals surface area contributed by atoms with E-state index >= 15 is 0 Å². The molecule has 0 spiro atoms. The lowest BCUT2D eigenvalue weighted by molar-refractivity contribution is 1.06. The predicted molar refractivity (Wildman–Crippen MR) is 240 cm³/mol. The first kappa shape index (κ1) is 35.2. The second-order valence-corrected chi connectivity index (χ2v) is 13.9. The van der Waals surface area contributed by atoms with Crippen molar-refractivity contribution in [3.63, 3.8) is 0 Å². The molecule has 0 bridgehead atoms. The summed E-state index contributed by atoms with van der Waals surface area (Å²) >= 11 is 0. The Balaban J connectivity index is 1.12. The summed E-state index contributed by atoms with van der Waals surface area (Å²) in [6, 6.07) is 71.4. The molecule has 0 N–H and O–H groups in total. The summed E-state index contributed by atoms with van der Waals surface area (Å²) in [7, 11) is 0. The van der Waals surface area contributed by atoms with E-state index in [1.54, 1.807) is 0 Å². The van der Waals surface area contributed by atoms with Gasteiger partial charge in [0.15, 0.2) is 11.7 Å². The van der Waals surface area contributed by atoms with Gasteiger partial charge in [0, 0.05) is 22.1 Å². The Labute approximate surface area is 333 Å². The molecular formula is C53H38N4. The van der Waals surface area contributed by atoms with Crippen LogP contribution in [0.25, 0.3) is 66.3 Å². The monoisotopic (exact) mass is 730 g/mol. The van der Waals surface area contributed by atoms with Gasteiger partial charge < -0.3 is 0 Å². The first-order valence-corrected chi connectivity index (χ1v) is 19.1. The maximum Gasteiger partial charge on any atom is 0.161 e. The number of amidine groups is 2. The molecule has 0 atom stereocenters. The number of hydrogen-bond donors (Lipinski definition) is 0. The smallest absolute Gasteiger partial charge is 0.161 e. The summed E-state index contributed by atoms with van der Waals surface area (Å²) in [5.41, 5.74) is 12.5. The van der Waals surface area contributed by atoms with Crippen LogP contribution in [0, 0.1) is 0 Å². The lowest BCUT2D eigenvalue weighted by Crippen LogP contribution is -2.06. The largest absolute Gasteiger partial charge is 0.261 e. The molecule has 0 amide bonds. The Morgan fingerprint density at radius 3 is 1.77 bits per heavy atom. The maximum atomic E-state index is 5.22. The zero-order valence-corrected chi connectivity index (χ0v) is 31.3. The van der Waals surface area contributed by atoms with Gasteiger partial charge in [0.1, 0.15) is 0 Å². The Hall–Kier alpha value is -7.56. The Morgan fingerprint density at radius 2 is 1.07 bits per heavy atom. The molecule has 270 valence electrons. The summed E-state index contributed by atoms with van der Waals surface area (Å²) < 4.78 is 0. The molecule has 4 nitrogen and oxygen atoms in total. The Bertz CT molecular complexity index is 2910. The number of pyridine rings is 1. The predicted octanol–water partition coefficient (Wildman–Crippen LogP) is 13.2. The van der Waals surface area contributed by atoms with E-state index in [1.165, 1.54) is 16.3 Å². The molecule has 9 aromatic rings. The molecule has 57 heavy (non-hydrogen) atoms. The molecule has 0 unspecified atom stereocenters. The minimum absolute atomic E-state index is 0.441. The normalized spacial score (nSPS) is 11.9. The Morgan fingerprint density at radius 1 is 0.456 bits per heavy atom. The molecule has 0 aliphatic carbocycles. The molecule has 0 saturated heterocycles. The van der Waals surface area contributed by atoms with Crippen LogP contribution in [-0.2, 0) is 6.54 Å². The standard InChI is InChI=1S/C53H38N4/c1-54-52(46-25-14-24-45(34-46)39-18-7-3-8-19-39)57-53(55-36-37-15-13-23-44(33-37)38-16-5-2-6-17-38)43-29-27-42(28-30-43)50-35-48(40-20-9-4-10-21-40)51-47-26-12-11-22-41(47)31-32-49(51)56-50/h2-35H,1,36H2. The van der Waals surface area contributed by atoms with Gasteiger partial charge in [-0.25, -0.2) is 15.0 Å². The van der Waals surface area contributed by atoms with Crippen LogP contribution in [0.4, 0.5) is 0 Å². The lowest BCUT2D eigenvalue weighted by Gasteiger charge is -2.13. The molecule has 1 heterocycles. The molecule has 0 saturated carbocycles. The topological polar surface area (TPSA) is 50.0 Å². The fourth-order valence-electron chi connectivity index (χ4n) is 7.39. The lowest BCUT2D eigenvalue weighted by atomic mass is 9.94. The van der Waals surface area contributed by atoms with E-state index in [9.17, 15) is 0 Å². The summed E-state index contributed by atoms with van der Waals surface area (Å²) in [5.74, 6) is 1.08. The van der Waals surface area contributed by atoms with E-state index in [0.717, 1.165) is 66.7 Å².